The number of aromatic nitrogens is 1. The Kier molecular flexibility index (Phi) is 2.02. The first kappa shape index (κ1) is 8.02. The monoisotopic (exact) mass is 174 g/mol. The summed E-state index contributed by atoms with van der Waals surface area (Å²) in [5.41, 5.74) is 0.105. The normalized spacial score (nSPS) is 12.0. The van der Waals surface area contributed by atoms with Crippen LogP contribution in [0.15, 0.2) is 0 Å². The minimum Gasteiger partial charge on any atom is -0.237 e. The SMILES string of the molecule is CC(C)(C)c1n[c]c(Cl)s1. The van der Waals surface area contributed by atoms with Gasteiger partial charge in [-0.2, -0.15) is 0 Å². The number of hydrogen-bond acceptors (Lipinski definition) is 2. The van der Waals surface area contributed by atoms with Crippen LogP contribution in [0.5, 0.6) is 0 Å². The molecule has 55 valence electrons. The molecule has 0 bridgehead atoms. The number of hydrogen-bond donors (Lipinski definition) is 0. The standard InChI is InChI=1S/C7H9ClNS/c1-7(2,3)6-9-4-5(8)10-6/h1-3H3. The maximum Gasteiger partial charge on any atom is 0.123 e. The van der Waals surface area contributed by atoms with Crippen LogP contribution in [0, 0.1) is 6.20 Å². The lowest BCUT2D eigenvalue weighted by atomic mass is 9.98. The quantitative estimate of drug-likeness (QED) is 0.590. The third kappa shape index (κ3) is 1.70. The van der Waals surface area contributed by atoms with Gasteiger partial charge < -0.3 is 0 Å². The Morgan fingerprint density at radius 1 is 1.50 bits per heavy atom. The molecular weight excluding hydrogens is 166 g/mol. The first-order valence-corrected chi connectivity index (χ1v) is 4.24. The topological polar surface area (TPSA) is 12.9 Å². The van der Waals surface area contributed by atoms with E-state index < -0.39 is 0 Å². The van der Waals surface area contributed by atoms with Crippen LogP contribution in [-0.4, -0.2) is 4.98 Å². The molecule has 1 nitrogen and oxygen atoms in total. The van der Waals surface area contributed by atoms with Gasteiger partial charge >= 0.3 is 0 Å². The van der Waals surface area contributed by atoms with Crippen molar-refractivity contribution >= 4 is 22.9 Å². The van der Waals surface area contributed by atoms with Crippen molar-refractivity contribution < 1.29 is 0 Å². The first-order chi connectivity index (χ1) is 4.50. The molecule has 0 N–H and O–H groups in total. The van der Waals surface area contributed by atoms with Gasteiger partial charge in [-0.15, -0.1) is 11.3 Å². The number of halogens is 1. The Bertz CT molecular complexity index is 224. The van der Waals surface area contributed by atoms with Crippen LogP contribution in [0.25, 0.3) is 0 Å². The molecule has 0 unspecified atom stereocenters. The zero-order valence-corrected chi connectivity index (χ0v) is 7.81. The summed E-state index contributed by atoms with van der Waals surface area (Å²) in [4.78, 5) is 4.05. The van der Waals surface area contributed by atoms with Crippen molar-refractivity contribution in [3.63, 3.8) is 0 Å². The highest BCUT2D eigenvalue weighted by atomic mass is 35.5. The summed E-state index contributed by atoms with van der Waals surface area (Å²) in [6, 6.07) is 0. The molecule has 0 atom stereocenters. The minimum atomic E-state index is 0.105. The molecule has 0 spiro atoms. The van der Waals surface area contributed by atoms with Crippen LogP contribution < -0.4 is 0 Å². The molecule has 0 aromatic carbocycles. The minimum absolute atomic E-state index is 0.105. The van der Waals surface area contributed by atoms with E-state index in [0.717, 1.165) is 5.01 Å². The van der Waals surface area contributed by atoms with Crippen molar-refractivity contribution in [1.82, 2.24) is 4.98 Å². The number of rotatable bonds is 0. The lowest BCUT2D eigenvalue weighted by Gasteiger charge is -2.12. The predicted molar refractivity (Wildman–Crippen MR) is 44.7 cm³/mol. The van der Waals surface area contributed by atoms with E-state index in [9.17, 15) is 0 Å². The zero-order chi connectivity index (χ0) is 7.78. The van der Waals surface area contributed by atoms with Gasteiger partial charge in [0.15, 0.2) is 0 Å². The van der Waals surface area contributed by atoms with Crippen LogP contribution >= 0.6 is 22.9 Å². The maximum absolute atomic E-state index is 5.67. The largest absolute Gasteiger partial charge is 0.237 e. The molecular formula is C7H9ClNS. The molecule has 1 radical (unpaired) electrons. The fourth-order valence-electron chi connectivity index (χ4n) is 0.546. The van der Waals surface area contributed by atoms with E-state index in [1.54, 1.807) is 0 Å². The smallest absolute Gasteiger partial charge is 0.123 e. The van der Waals surface area contributed by atoms with Gasteiger partial charge in [0.25, 0.3) is 0 Å². The Hall–Kier alpha value is -0.0800. The molecule has 3 heteroatoms. The molecule has 0 saturated carbocycles. The Morgan fingerprint density at radius 2 is 2.10 bits per heavy atom. The molecule has 0 saturated heterocycles. The van der Waals surface area contributed by atoms with Crippen molar-refractivity contribution in [2.75, 3.05) is 0 Å². The van der Waals surface area contributed by atoms with E-state index in [1.165, 1.54) is 11.3 Å². The van der Waals surface area contributed by atoms with E-state index in [2.05, 4.69) is 32.0 Å². The van der Waals surface area contributed by atoms with Crippen molar-refractivity contribution in [3.8, 4) is 0 Å². The molecule has 1 heterocycles. The summed E-state index contributed by atoms with van der Waals surface area (Å²) in [6.07, 6.45) is 2.71. The van der Waals surface area contributed by atoms with Gasteiger partial charge in [-0.3, -0.25) is 0 Å². The first-order valence-electron chi connectivity index (χ1n) is 3.04. The summed E-state index contributed by atoms with van der Waals surface area (Å²) in [6.45, 7) is 6.32. The second-order valence-corrected chi connectivity index (χ2v) is 4.76. The number of thiazole rings is 1. The van der Waals surface area contributed by atoms with Gasteiger partial charge in [0.1, 0.15) is 15.5 Å². The third-order valence-corrected chi connectivity index (χ3v) is 2.56. The summed E-state index contributed by atoms with van der Waals surface area (Å²) in [7, 11) is 0. The van der Waals surface area contributed by atoms with Crippen molar-refractivity contribution in [3.05, 3.63) is 15.5 Å². The highest BCUT2D eigenvalue weighted by molar-refractivity contribution is 7.15. The van der Waals surface area contributed by atoms with Gasteiger partial charge in [0, 0.05) is 5.41 Å². The average molecular weight is 175 g/mol. The van der Waals surface area contributed by atoms with Crippen LogP contribution in [0.3, 0.4) is 0 Å². The predicted octanol–water partition coefficient (Wildman–Crippen LogP) is 2.89. The van der Waals surface area contributed by atoms with Crippen molar-refractivity contribution in [2.45, 2.75) is 26.2 Å². The van der Waals surface area contributed by atoms with Crippen LogP contribution in [0.1, 0.15) is 25.8 Å². The van der Waals surface area contributed by atoms with Gasteiger partial charge in [-0.25, -0.2) is 4.98 Å². The summed E-state index contributed by atoms with van der Waals surface area (Å²) in [5, 5.41) is 1.04. The van der Waals surface area contributed by atoms with E-state index in [-0.39, 0.29) is 5.41 Å². The van der Waals surface area contributed by atoms with Crippen LogP contribution in [-0.2, 0) is 5.41 Å². The van der Waals surface area contributed by atoms with E-state index in [4.69, 9.17) is 11.6 Å². The van der Waals surface area contributed by atoms with Crippen molar-refractivity contribution in [2.24, 2.45) is 0 Å². The summed E-state index contributed by atoms with van der Waals surface area (Å²) in [5.74, 6) is 0. The third-order valence-electron chi connectivity index (χ3n) is 1.07. The second kappa shape index (κ2) is 2.51. The molecule has 0 aliphatic carbocycles. The molecule has 0 fully saturated rings. The fourth-order valence-corrected chi connectivity index (χ4v) is 1.47. The molecule has 0 aliphatic rings. The Morgan fingerprint density at radius 3 is 2.30 bits per heavy atom. The average Bonchev–Trinajstić information content (AvgIpc) is 2.11. The fraction of sp³-hybridized carbons (Fsp3) is 0.571. The molecule has 0 aliphatic heterocycles. The van der Waals surface area contributed by atoms with E-state index in [0.29, 0.717) is 4.34 Å². The molecule has 10 heavy (non-hydrogen) atoms. The lowest BCUT2D eigenvalue weighted by Crippen LogP contribution is -2.09. The zero-order valence-electron chi connectivity index (χ0n) is 6.23. The second-order valence-electron chi connectivity index (χ2n) is 3.15. The van der Waals surface area contributed by atoms with Crippen molar-refractivity contribution in [1.29, 1.82) is 0 Å². The van der Waals surface area contributed by atoms with Gasteiger partial charge in [0.05, 0.1) is 0 Å². The summed E-state index contributed by atoms with van der Waals surface area (Å²) >= 11 is 7.16. The highest BCUT2D eigenvalue weighted by Gasteiger charge is 2.17. The molecule has 1 aromatic heterocycles. The van der Waals surface area contributed by atoms with Crippen LogP contribution in [0.2, 0.25) is 4.34 Å². The molecule has 1 rings (SSSR count). The van der Waals surface area contributed by atoms with E-state index >= 15 is 0 Å². The van der Waals surface area contributed by atoms with E-state index in [1.807, 2.05) is 0 Å². The highest BCUT2D eigenvalue weighted by Crippen LogP contribution is 2.28. The Labute approximate surface area is 70.1 Å². The van der Waals surface area contributed by atoms with Gasteiger partial charge in [0.2, 0.25) is 0 Å². The van der Waals surface area contributed by atoms with Gasteiger partial charge in [-0.05, 0) is 0 Å². The lowest BCUT2D eigenvalue weighted by molar-refractivity contribution is 0.585. The van der Waals surface area contributed by atoms with Crippen LogP contribution in [0.4, 0.5) is 0 Å². The molecule has 0 amide bonds. The summed E-state index contributed by atoms with van der Waals surface area (Å²) < 4.78 is 0.643. The maximum atomic E-state index is 5.67. The van der Waals surface area contributed by atoms with Gasteiger partial charge in [-0.1, -0.05) is 32.4 Å². The molecule has 1 aromatic rings. The number of nitrogens with zero attached hydrogens (tertiary/aromatic N) is 1. The Balaban J connectivity index is 2.96.